The molecule has 0 aliphatic carbocycles. The molecule has 0 aliphatic heterocycles. The zero-order chi connectivity index (χ0) is 29.8. The van der Waals surface area contributed by atoms with E-state index >= 15 is 0 Å². The van der Waals surface area contributed by atoms with Gasteiger partial charge in [0.05, 0.1) is 51.6 Å². The summed E-state index contributed by atoms with van der Waals surface area (Å²) in [6.45, 7) is 5.49. The molecule has 0 aliphatic rings. The van der Waals surface area contributed by atoms with Crippen LogP contribution in [0.2, 0.25) is 0 Å². The molecule has 40 heavy (non-hydrogen) atoms. The Hall–Kier alpha value is -4.31. The first-order valence-corrected chi connectivity index (χ1v) is 12.1. The number of methoxy groups -OCH3 is 3. The van der Waals surface area contributed by atoms with Gasteiger partial charge in [0.15, 0.2) is 17.2 Å². The lowest BCUT2D eigenvalue weighted by atomic mass is 10.0. The minimum atomic E-state index is -1.22. The highest BCUT2D eigenvalue weighted by Gasteiger charge is 2.34. The average Bonchev–Trinajstić information content (AvgIpc) is 3.37. The molecule has 0 spiro atoms. The van der Waals surface area contributed by atoms with Gasteiger partial charge < -0.3 is 33.2 Å². The van der Waals surface area contributed by atoms with Crippen molar-refractivity contribution in [2.75, 3.05) is 54.4 Å². The maximum absolute atomic E-state index is 13.6. The quantitative estimate of drug-likeness (QED) is 0.0943. The number of nitro benzene ring substituents is 1. The van der Waals surface area contributed by atoms with Crippen molar-refractivity contribution in [2.45, 2.75) is 27.0 Å². The highest BCUT2D eigenvalue weighted by Crippen LogP contribution is 2.36. The number of carbonyl (C=O) groups is 3. The van der Waals surface area contributed by atoms with Crippen LogP contribution in [0, 0.1) is 16.0 Å². The van der Waals surface area contributed by atoms with E-state index in [1.54, 1.807) is 13.8 Å². The third-order valence-electron chi connectivity index (χ3n) is 5.15. The number of carbonyl (C=O) groups excluding carboxylic acids is 3. The molecule has 1 heterocycles. The summed E-state index contributed by atoms with van der Waals surface area (Å²) >= 11 is 0. The van der Waals surface area contributed by atoms with Gasteiger partial charge in [-0.2, -0.15) is 0 Å². The summed E-state index contributed by atoms with van der Waals surface area (Å²) in [5.41, 5.74) is -2.18. The third kappa shape index (κ3) is 8.09. The molecule has 0 amide bonds. The topological polar surface area (TPSA) is 190 Å². The molecular formula is C24H32N4O12. The van der Waals surface area contributed by atoms with Crippen molar-refractivity contribution in [3.8, 4) is 11.5 Å². The van der Waals surface area contributed by atoms with Crippen LogP contribution in [0.4, 0.5) is 10.5 Å². The van der Waals surface area contributed by atoms with Gasteiger partial charge in [0.2, 0.25) is 17.7 Å². The summed E-state index contributed by atoms with van der Waals surface area (Å²) in [6, 6.07) is 2.10. The largest absolute Gasteiger partial charge is 0.510 e. The monoisotopic (exact) mass is 568 g/mol. The van der Waals surface area contributed by atoms with E-state index in [0.29, 0.717) is 13.2 Å². The number of nitrogens with zero attached hydrogens (tertiary/aromatic N) is 4. The van der Waals surface area contributed by atoms with Crippen LogP contribution in [0.15, 0.2) is 12.1 Å². The van der Waals surface area contributed by atoms with Gasteiger partial charge in [-0.15, -0.1) is 15.0 Å². The van der Waals surface area contributed by atoms with Crippen LogP contribution in [-0.2, 0) is 23.7 Å². The number of hydrogen-bond acceptors (Lipinski definition) is 14. The first-order valence-electron chi connectivity index (χ1n) is 12.1. The molecule has 1 atom stereocenters. The fourth-order valence-corrected chi connectivity index (χ4v) is 3.27. The number of nitro groups is 1. The molecule has 2 aromatic rings. The fraction of sp³-hybridized carbons (Fsp3) is 0.542. The van der Waals surface area contributed by atoms with Gasteiger partial charge in [0, 0.05) is 19.1 Å². The normalized spacial score (nSPS) is 11.6. The number of ketones is 1. The van der Waals surface area contributed by atoms with E-state index in [1.807, 2.05) is 0 Å². The molecule has 220 valence electrons. The molecular weight excluding hydrogens is 536 g/mol. The van der Waals surface area contributed by atoms with Crippen molar-refractivity contribution in [2.24, 2.45) is 5.92 Å². The minimum Gasteiger partial charge on any atom is -0.493 e. The molecule has 16 heteroatoms. The predicted molar refractivity (Wildman–Crippen MR) is 135 cm³/mol. The Kier molecular flexibility index (Phi) is 12.2. The molecule has 0 saturated carbocycles. The smallest absolute Gasteiger partial charge is 0.493 e. The van der Waals surface area contributed by atoms with Crippen LogP contribution in [0.25, 0.3) is 0 Å². The van der Waals surface area contributed by atoms with E-state index in [1.165, 1.54) is 28.3 Å². The Balaban J connectivity index is 2.45. The van der Waals surface area contributed by atoms with Gasteiger partial charge in [-0.1, -0.05) is 13.8 Å². The van der Waals surface area contributed by atoms with Gasteiger partial charge in [0.25, 0.3) is 5.69 Å². The van der Waals surface area contributed by atoms with Gasteiger partial charge >= 0.3 is 12.1 Å². The highest BCUT2D eigenvalue weighted by molar-refractivity contribution is 6.14. The Morgan fingerprint density at radius 1 is 0.950 bits per heavy atom. The van der Waals surface area contributed by atoms with Crippen LogP contribution in [0.3, 0.4) is 0 Å². The molecule has 0 saturated heterocycles. The lowest BCUT2D eigenvalue weighted by Crippen LogP contribution is -2.26. The molecule has 0 bridgehead atoms. The number of rotatable bonds is 16. The van der Waals surface area contributed by atoms with Gasteiger partial charge in [-0.25, -0.2) is 9.59 Å². The molecule has 0 fully saturated rings. The first-order chi connectivity index (χ1) is 19.1. The predicted octanol–water partition coefficient (Wildman–Crippen LogP) is 2.58. The maximum atomic E-state index is 13.6. The molecule has 1 aromatic carbocycles. The first kappa shape index (κ1) is 31.9. The molecule has 16 nitrogen and oxygen atoms in total. The Bertz CT molecular complexity index is 1200. The van der Waals surface area contributed by atoms with Gasteiger partial charge in [0.1, 0.15) is 12.2 Å². The van der Waals surface area contributed by atoms with Crippen molar-refractivity contribution < 1.29 is 52.5 Å². The van der Waals surface area contributed by atoms with E-state index in [-0.39, 0.29) is 31.3 Å². The van der Waals surface area contributed by atoms with E-state index in [2.05, 4.69) is 10.2 Å². The lowest BCUT2D eigenvalue weighted by Gasteiger charge is -2.19. The molecule has 0 N–H and O–H groups in total. The van der Waals surface area contributed by atoms with Crippen molar-refractivity contribution in [3.05, 3.63) is 39.2 Å². The number of esters is 1. The van der Waals surface area contributed by atoms with Gasteiger partial charge in [-0.05, 0) is 6.92 Å². The number of aromatic nitrogens is 3. The maximum Gasteiger partial charge on any atom is 0.510 e. The number of ether oxygens (including phenoxy) is 7. The summed E-state index contributed by atoms with van der Waals surface area (Å²) in [5, 5.41) is 19.9. The zero-order valence-electron chi connectivity index (χ0n) is 23.0. The summed E-state index contributed by atoms with van der Waals surface area (Å²) in [6.07, 6.45) is -2.30. The summed E-state index contributed by atoms with van der Waals surface area (Å²) < 4.78 is 35.7. The Morgan fingerprint density at radius 2 is 1.57 bits per heavy atom. The van der Waals surface area contributed by atoms with Crippen molar-refractivity contribution >= 4 is 23.6 Å². The highest BCUT2D eigenvalue weighted by atomic mass is 16.7. The lowest BCUT2D eigenvalue weighted by molar-refractivity contribution is -0.385. The molecule has 2 rings (SSSR count). The van der Waals surface area contributed by atoms with E-state index in [9.17, 15) is 24.5 Å². The van der Waals surface area contributed by atoms with E-state index < -0.39 is 57.6 Å². The standard InChI is InChI=1S/C24H32N4O12/c1-7-38-23(30)20-19(21(29)15-12-17(35-5)18(36-6)13-16(15)28(32)33)25-27(26-20)22(14(2)3)40-24(31)39-11-10-37-9-8-34-4/h12-14,22H,7-11H2,1-6H3. The van der Waals surface area contributed by atoms with Crippen molar-refractivity contribution in [1.29, 1.82) is 0 Å². The molecule has 0 radical (unpaired) electrons. The van der Waals surface area contributed by atoms with Crippen molar-refractivity contribution in [3.63, 3.8) is 0 Å². The van der Waals surface area contributed by atoms with Crippen LogP contribution in [-0.4, -0.2) is 92.2 Å². The van der Waals surface area contributed by atoms with Crippen LogP contribution in [0.1, 0.15) is 53.5 Å². The summed E-state index contributed by atoms with van der Waals surface area (Å²) in [4.78, 5) is 50.4. The zero-order valence-corrected chi connectivity index (χ0v) is 23.0. The second kappa shape index (κ2) is 15.3. The van der Waals surface area contributed by atoms with Crippen LogP contribution < -0.4 is 9.47 Å². The van der Waals surface area contributed by atoms with Gasteiger partial charge in [-0.3, -0.25) is 14.9 Å². The third-order valence-corrected chi connectivity index (χ3v) is 5.15. The van der Waals surface area contributed by atoms with Crippen molar-refractivity contribution in [1.82, 2.24) is 15.0 Å². The number of benzene rings is 1. The minimum absolute atomic E-state index is 0.0101. The molecule has 1 aromatic heterocycles. The van der Waals surface area contributed by atoms with E-state index in [4.69, 9.17) is 33.2 Å². The van der Waals surface area contributed by atoms with E-state index in [0.717, 1.165) is 16.9 Å². The Labute approximate surface area is 229 Å². The second-order valence-corrected chi connectivity index (χ2v) is 8.20. The second-order valence-electron chi connectivity index (χ2n) is 8.20. The van der Waals surface area contributed by atoms with Crippen LogP contribution >= 0.6 is 0 Å². The fourth-order valence-electron chi connectivity index (χ4n) is 3.27. The Morgan fingerprint density at radius 3 is 2.15 bits per heavy atom. The number of hydrogen-bond donors (Lipinski definition) is 0. The molecule has 1 unspecified atom stereocenters. The SMILES string of the molecule is CCOC(=O)c1nn(C(OC(=O)OCCOCCOC)C(C)C)nc1C(=O)c1cc(OC)c(OC)cc1[N+](=O)[O-]. The van der Waals surface area contributed by atoms with Crippen LogP contribution in [0.5, 0.6) is 11.5 Å². The summed E-state index contributed by atoms with van der Waals surface area (Å²) in [5.74, 6) is -2.47. The average molecular weight is 569 g/mol. The summed E-state index contributed by atoms with van der Waals surface area (Å²) in [7, 11) is 4.08.